The fourth-order valence-corrected chi connectivity index (χ4v) is 10.9. The lowest BCUT2D eigenvalue weighted by Crippen LogP contribution is -2.55. The number of nitrogens with one attached hydrogen (secondary N) is 1. The Balaban J connectivity index is 2.65. The molecular formula is C16H26N2Si. The molecule has 104 valence electrons. The Morgan fingerprint density at radius 2 is 1.58 bits per heavy atom. The van der Waals surface area contributed by atoms with Gasteiger partial charge in [0, 0.05) is 17.8 Å². The predicted molar refractivity (Wildman–Crippen MR) is 86.8 cm³/mol. The third kappa shape index (κ3) is 2.14. The molecule has 0 aliphatic rings. The second-order valence-corrected chi connectivity index (χ2v) is 12.4. The Morgan fingerprint density at radius 1 is 1.00 bits per heavy atom. The van der Waals surface area contributed by atoms with Crippen molar-refractivity contribution >= 4 is 24.3 Å². The molecule has 2 nitrogen and oxygen atoms in total. The monoisotopic (exact) mass is 274 g/mol. The highest BCUT2D eigenvalue weighted by Gasteiger charge is 2.44. The molecule has 0 bridgehead atoms. The van der Waals surface area contributed by atoms with Crippen LogP contribution in [0.2, 0.25) is 16.6 Å². The van der Waals surface area contributed by atoms with Crippen molar-refractivity contribution in [1.82, 2.24) is 9.97 Å². The number of aromatic nitrogens is 2. The van der Waals surface area contributed by atoms with Gasteiger partial charge in [-0.3, -0.25) is 0 Å². The molecule has 0 radical (unpaired) electrons. The Kier molecular flexibility index (Phi) is 3.86. The molecule has 0 aliphatic heterocycles. The fraction of sp³-hybridized carbons (Fsp3) is 0.562. The summed E-state index contributed by atoms with van der Waals surface area (Å²) >= 11 is 0. The van der Waals surface area contributed by atoms with E-state index >= 15 is 0 Å². The summed E-state index contributed by atoms with van der Waals surface area (Å²) in [5.41, 5.74) is 3.19. The van der Waals surface area contributed by atoms with Gasteiger partial charge in [0.2, 0.25) is 0 Å². The first-order chi connectivity index (χ1) is 8.90. The summed E-state index contributed by atoms with van der Waals surface area (Å²) in [6, 6.07) is 4.51. The number of hydrogen-bond acceptors (Lipinski definition) is 1. The van der Waals surface area contributed by atoms with Crippen LogP contribution in [0.3, 0.4) is 0 Å². The molecule has 0 aliphatic carbocycles. The second-order valence-electron chi connectivity index (χ2n) is 6.54. The molecule has 0 aromatic carbocycles. The Bertz CT molecular complexity index is 533. The van der Waals surface area contributed by atoms with Crippen LogP contribution in [0.25, 0.3) is 11.0 Å². The molecule has 0 fully saturated rings. The first-order valence-electron chi connectivity index (χ1n) is 7.34. The zero-order valence-electron chi connectivity index (χ0n) is 13.0. The summed E-state index contributed by atoms with van der Waals surface area (Å²) in [5.74, 6) is 0. The molecule has 3 heteroatoms. The maximum Gasteiger partial charge on any atom is 0.137 e. The van der Waals surface area contributed by atoms with Crippen molar-refractivity contribution < 1.29 is 0 Å². The van der Waals surface area contributed by atoms with Crippen LogP contribution in [0.5, 0.6) is 0 Å². The van der Waals surface area contributed by atoms with Gasteiger partial charge in [-0.15, -0.1) is 0 Å². The number of aromatic amines is 1. The number of rotatable bonds is 4. The van der Waals surface area contributed by atoms with Crippen LogP contribution < -0.4 is 5.19 Å². The van der Waals surface area contributed by atoms with E-state index in [0.29, 0.717) is 0 Å². The molecule has 1 N–H and O–H groups in total. The van der Waals surface area contributed by atoms with Crippen molar-refractivity contribution in [3.05, 3.63) is 24.5 Å². The quantitative estimate of drug-likeness (QED) is 0.820. The summed E-state index contributed by atoms with van der Waals surface area (Å²) < 4.78 is 0. The fourth-order valence-electron chi connectivity index (χ4n) is 4.18. The SMILES string of the molecule is CC(C)[Si](c1cnc2[nH]ccc2c1)(C(C)C)C(C)C. The number of pyridine rings is 1. The maximum absolute atomic E-state index is 4.63. The molecule has 2 rings (SSSR count). The van der Waals surface area contributed by atoms with E-state index in [1.54, 1.807) is 0 Å². The van der Waals surface area contributed by atoms with Crippen molar-refractivity contribution in [1.29, 1.82) is 0 Å². The van der Waals surface area contributed by atoms with Gasteiger partial charge in [-0.25, -0.2) is 4.98 Å². The van der Waals surface area contributed by atoms with Crippen LogP contribution >= 0.6 is 0 Å². The van der Waals surface area contributed by atoms with Crippen molar-refractivity contribution in [2.45, 2.75) is 58.2 Å². The molecule has 0 spiro atoms. The van der Waals surface area contributed by atoms with Crippen molar-refractivity contribution in [2.24, 2.45) is 0 Å². The zero-order valence-corrected chi connectivity index (χ0v) is 14.0. The van der Waals surface area contributed by atoms with E-state index in [1.807, 2.05) is 6.20 Å². The van der Waals surface area contributed by atoms with Crippen LogP contribution in [0.1, 0.15) is 41.5 Å². The Morgan fingerprint density at radius 3 is 2.11 bits per heavy atom. The Hall–Kier alpha value is -1.09. The first-order valence-corrected chi connectivity index (χ1v) is 9.57. The van der Waals surface area contributed by atoms with Gasteiger partial charge < -0.3 is 4.98 Å². The average Bonchev–Trinajstić information content (AvgIpc) is 2.75. The maximum atomic E-state index is 4.63. The standard InChI is InChI=1S/C16H26N2Si/c1-11(2)19(12(3)4,13(5)6)15-9-14-7-8-17-16(14)18-10-15/h7-13H,1-6H3,(H,17,18). The van der Waals surface area contributed by atoms with Crippen molar-refractivity contribution in [2.75, 3.05) is 0 Å². The van der Waals surface area contributed by atoms with Gasteiger partial charge in [-0.2, -0.15) is 0 Å². The molecule has 0 saturated carbocycles. The summed E-state index contributed by atoms with van der Waals surface area (Å²) in [5, 5.41) is 2.76. The van der Waals surface area contributed by atoms with E-state index in [0.717, 1.165) is 22.3 Å². The lowest BCUT2D eigenvalue weighted by Gasteiger charge is -2.43. The first kappa shape index (κ1) is 14.3. The number of fused-ring (bicyclic) bond motifs is 1. The lowest BCUT2D eigenvalue weighted by molar-refractivity contribution is 0.834. The van der Waals surface area contributed by atoms with Crippen LogP contribution in [0.15, 0.2) is 24.5 Å². The average molecular weight is 274 g/mol. The van der Waals surface area contributed by atoms with Crippen LogP contribution in [-0.4, -0.2) is 18.0 Å². The molecule has 2 aromatic heterocycles. The topological polar surface area (TPSA) is 28.7 Å². The zero-order chi connectivity index (χ0) is 14.2. The van der Waals surface area contributed by atoms with E-state index in [9.17, 15) is 0 Å². The number of hydrogen-bond donors (Lipinski definition) is 1. The highest BCUT2D eigenvalue weighted by molar-refractivity contribution is 6.95. The van der Waals surface area contributed by atoms with Crippen molar-refractivity contribution in [3.8, 4) is 0 Å². The molecule has 0 atom stereocenters. The summed E-state index contributed by atoms with van der Waals surface area (Å²) in [7, 11) is -1.57. The normalized spacial score (nSPS) is 13.1. The lowest BCUT2D eigenvalue weighted by atomic mass is 10.3. The van der Waals surface area contributed by atoms with E-state index in [-0.39, 0.29) is 0 Å². The van der Waals surface area contributed by atoms with E-state index in [1.165, 1.54) is 10.6 Å². The van der Waals surface area contributed by atoms with Gasteiger partial charge in [0.15, 0.2) is 0 Å². The van der Waals surface area contributed by atoms with Crippen LogP contribution in [0.4, 0.5) is 0 Å². The minimum absolute atomic E-state index is 0.727. The minimum atomic E-state index is -1.57. The van der Waals surface area contributed by atoms with Gasteiger partial charge in [-0.05, 0) is 27.9 Å². The summed E-state index contributed by atoms with van der Waals surface area (Å²) in [6.45, 7) is 14.4. The largest absolute Gasteiger partial charge is 0.346 e. The number of nitrogens with zero attached hydrogens (tertiary/aromatic N) is 1. The second kappa shape index (κ2) is 5.12. The van der Waals surface area contributed by atoms with E-state index < -0.39 is 8.07 Å². The van der Waals surface area contributed by atoms with E-state index in [2.05, 4.69) is 69.8 Å². The van der Waals surface area contributed by atoms with Gasteiger partial charge in [-0.1, -0.05) is 47.6 Å². The van der Waals surface area contributed by atoms with Gasteiger partial charge in [0.25, 0.3) is 0 Å². The molecule has 19 heavy (non-hydrogen) atoms. The van der Waals surface area contributed by atoms with Crippen LogP contribution in [0, 0.1) is 0 Å². The number of H-pyrrole nitrogens is 1. The van der Waals surface area contributed by atoms with Gasteiger partial charge in [0.05, 0.1) is 8.07 Å². The molecule has 2 heterocycles. The Labute approximate surface area is 117 Å². The summed E-state index contributed by atoms with van der Waals surface area (Å²) in [6.07, 6.45) is 4.11. The van der Waals surface area contributed by atoms with Gasteiger partial charge >= 0.3 is 0 Å². The minimum Gasteiger partial charge on any atom is -0.346 e. The molecule has 2 aromatic rings. The molecule has 0 unspecified atom stereocenters. The summed E-state index contributed by atoms with van der Waals surface area (Å²) in [4.78, 5) is 7.82. The molecular weight excluding hydrogens is 248 g/mol. The van der Waals surface area contributed by atoms with Crippen molar-refractivity contribution in [3.63, 3.8) is 0 Å². The highest BCUT2D eigenvalue weighted by atomic mass is 28.3. The van der Waals surface area contributed by atoms with Gasteiger partial charge in [0.1, 0.15) is 5.65 Å². The predicted octanol–water partition coefficient (Wildman–Crippen LogP) is 4.45. The highest BCUT2D eigenvalue weighted by Crippen LogP contribution is 2.41. The van der Waals surface area contributed by atoms with Crippen LogP contribution in [-0.2, 0) is 0 Å². The van der Waals surface area contributed by atoms with E-state index in [4.69, 9.17) is 0 Å². The third-order valence-electron chi connectivity index (χ3n) is 4.77. The molecule has 0 saturated heterocycles. The molecule has 0 amide bonds. The third-order valence-corrected chi connectivity index (χ3v) is 11.8. The smallest absolute Gasteiger partial charge is 0.137 e.